The summed E-state index contributed by atoms with van der Waals surface area (Å²) in [4.78, 5) is 34.5. The monoisotopic (exact) mass is 315 g/mol. The molecule has 0 saturated heterocycles. The first-order chi connectivity index (χ1) is 10.3. The van der Waals surface area contributed by atoms with Gasteiger partial charge in [0.25, 0.3) is 0 Å². The van der Waals surface area contributed by atoms with Crippen molar-refractivity contribution < 1.29 is 24.6 Å². The van der Waals surface area contributed by atoms with Crippen LogP contribution >= 0.6 is 0 Å². The molecule has 2 N–H and O–H groups in total. The number of carboxylic acids is 2. The second-order valence-electron chi connectivity index (χ2n) is 5.01. The van der Waals surface area contributed by atoms with Gasteiger partial charge in [0, 0.05) is 12.8 Å². The van der Waals surface area contributed by atoms with Crippen LogP contribution in [-0.4, -0.2) is 33.8 Å². The van der Waals surface area contributed by atoms with Crippen molar-refractivity contribution in [2.24, 2.45) is 4.99 Å². The fourth-order valence-electron chi connectivity index (χ4n) is 1.52. The minimum atomic E-state index is -1.13. The molecule has 6 heteroatoms. The highest BCUT2D eigenvalue weighted by atomic mass is 16.4. The molecule has 22 heavy (non-hydrogen) atoms. The first-order valence-electron chi connectivity index (χ1n) is 7.88. The van der Waals surface area contributed by atoms with E-state index in [4.69, 9.17) is 10.2 Å². The molecule has 0 heterocycles. The van der Waals surface area contributed by atoms with Crippen molar-refractivity contribution in [1.82, 2.24) is 0 Å². The van der Waals surface area contributed by atoms with E-state index in [1.54, 1.807) is 6.92 Å². The van der Waals surface area contributed by atoms with Gasteiger partial charge < -0.3 is 10.2 Å². The number of rotatable bonds is 10. The zero-order chi connectivity index (χ0) is 17.4. The van der Waals surface area contributed by atoms with Crippen molar-refractivity contribution in [1.29, 1.82) is 0 Å². The molecular weight excluding hydrogens is 286 g/mol. The Bertz CT molecular complexity index is 364. The van der Waals surface area contributed by atoms with Crippen LogP contribution in [0.5, 0.6) is 0 Å². The number of aliphatic imine (C=N–C) groups is 1. The summed E-state index contributed by atoms with van der Waals surface area (Å²) in [5.41, 5.74) is -0.127. The molecule has 0 aromatic rings. The van der Waals surface area contributed by atoms with Gasteiger partial charge in [-0.25, -0.2) is 9.79 Å². The molecule has 0 spiro atoms. The van der Waals surface area contributed by atoms with Crippen molar-refractivity contribution >= 4 is 23.6 Å². The topological polar surface area (TPSA) is 104 Å². The molecule has 0 aromatic heterocycles. The summed E-state index contributed by atoms with van der Waals surface area (Å²) in [6.07, 6.45) is 8.56. The summed E-state index contributed by atoms with van der Waals surface area (Å²) in [6, 6.07) is 0. The van der Waals surface area contributed by atoms with Crippen LogP contribution in [0, 0.1) is 0 Å². The van der Waals surface area contributed by atoms with Gasteiger partial charge in [-0.15, -0.1) is 0 Å². The van der Waals surface area contributed by atoms with Gasteiger partial charge in [-0.1, -0.05) is 52.4 Å². The van der Waals surface area contributed by atoms with E-state index in [0.29, 0.717) is 6.42 Å². The van der Waals surface area contributed by atoms with Crippen molar-refractivity contribution in [2.45, 2.75) is 78.6 Å². The molecule has 0 rings (SSSR count). The Kier molecular flexibility index (Phi) is 16.1. The van der Waals surface area contributed by atoms with Gasteiger partial charge >= 0.3 is 11.9 Å². The smallest absolute Gasteiger partial charge is 0.350 e. The van der Waals surface area contributed by atoms with E-state index in [1.807, 2.05) is 0 Å². The van der Waals surface area contributed by atoms with Crippen LogP contribution in [0.4, 0.5) is 0 Å². The number of amides is 1. The Balaban J connectivity index is 0. The van der Waals surface area contributed by atoms with Gasteiger partial charge in [-0.2, -0.15) is 0 Å². The summed E-state index contributed by atoms with van der Waals surface area (Å²) in [5.74, 6) is -2.19. The predicted octanol–water partition coefficient (Wildman–Crippen LogP) is 3.68. The highest BCUT2D eigenvalue weighted by molar-refractivity contribution is 6.36. The van der Waals surface area contributed by atoms with Gasteiger partial charge in [-0.05, 0) is 13.3 Å². The Labute approximate surface area is 132 Å². The normalized spacial score (nSPS) is 10.6. The minimum Gasteiger partial charge on any atom is -0.481 e. The highest BCUT2D eigenvalue weighted by Crippen LogP contribution is 2.08. The number of carboxylic acid groups (broad SMARTS) is 2. The van der Waals surface area contributed by atoms with Crippen molar-refractivity contribution in [3.63, 3.8) is 0 Å². The minimum absolute atomic E-state index is 0.127. The van der Waals surface area contributed by atoms with Crippen LogP contribution in [-0.2, 0) is 14.4 Å². The van der Waals surface area contributed by atoms with Crippen LogP contribution < -0.4 is 0 Å². The lowest BCUT2D eigenvalue weighted by atomic mass is 10.1. The first kappa shape index (κ1) is 22.6. The summed E-state index contributed by atoms with van der Waals surface area (Å²) >= 11 is 0. The fraction of sp³-hybridized carbons (Fsp3) is 0.750. The van der Waals surface area contributed by atoms with E-state index in [0.717, 1.165) is 19.3 Å². The Morgan fingerprint density at radius 3 is 1.73 bits per heavy atom. The third kappa shape index (κ3) is 18.3. The molecule has 0 bridgehead atoms. The quantitative estimate of drug-likeness (QED) is 0.472. The summed E-state index contributed by atoms with van der Waals surface area (Å²) in [7, 11) is 0. The number of hydrogen-bond donors (Lipinski definition) is 2. The zero-order valence-corrected chi connectivity index (χ0v) is 13.9. The number of unbranched alkanes of at least 4 members (excludes halogenated alkanes) is 6. The first-order valence-corrected chi connectivity index (χ1v) is 7.88. The van der Waals surface area contributed by atoms with E-state index in [1.165, 1.54) is 32.6 Å². The number of aliphatic carboxylic acids is 2. The second-order valence-corrected chi connectivity index (χ2v) is 5.01. The molecule has 0 unspecified atom stereocenters. The van der Waals surface area contributed by atoms with Crippen molar-refractivity contribution in [3.05, 3.63) is 0 Å². The number of nitrogens with zero attached hydrogens (tertiary/aromatic N) is 1. The third-order valence-electron chi connectivity index (χ3n) is 2.90. The van der Waals surface area contributed by atoms with Gasteiger partial charge in [0.2, 0.25) is 5.91 Å². The molecule has 128 valence electrons. The van der Waals surface area contributed by atoms with Gasteiger partial charge in [0.15, 0.2) is 0 Å². The van der Waals surface area contributed by atoms with Gasteiger partial charge in [0.1, 0.15) is 5.71 Å². The number of carbonyl (C=O) groups is 3. The Morgan fingerprint density at radius 2 is 1.32 bits per heavy atom. The standard InChI is InChI=1S/C13H23NO3.C3H6O2/c1-3-4-5-6-7-8-9-10-12(15)14-11(2)13(16)17;1-2-3(4)5/h3-10H2,1-2H3,(H,16,17);2H2,1H3,(H,4,5). The summed E-state index contributed by atoms with van der Waals surface area (Å²) in [5, 5.41) is 16.3. The highest BCUT2D eigenvalue weighted by Gasteiger charge is 2.05. The van der Waals surface area contributed by atoms with Crippen LogP contribution in [0.25, 0.3) is 0 Å². The molecule has 1 amide bonds. The predicted molar refractivity (Wildman–Crippen MR) is 86.3 cm³/mol. The molecule has 0 aliphatic carbocycles. The molecule has 0 aliphatic rings. The van der Waals surface area contributed by atoms with E-state index in [-0.39, 0.29) is 18.0 Å². The largest absolute Gasteiger partial charge is 0.481 e. The second kappa shape index (κ2) is 15.7. The lowest BCUT2D eigenvalue weighted by molar-refractivity contribution is -0.136. The molecule has 0 radical (unpaired) electrons. The maximum atomic E-state index is 11.2. The Morgan fingerprint density at radius 1 is 0.864 bits per heavy atom. The van der Waals surface area contributed by atoms with Crippen LogP contribution in [0.1, 0.15) is 78.6 Å². The molecule has 0 atom stereocenters. The number of carbonyl (C=O) groups excluding carboxylic acids is 1. The van der Waals surface area contributed by atoms with Gasteiger partial charge in [0.05, 0.1) is 0 Å². The average molecular weight is 315 g/mol. The van der Waals surface area contributed by atoms with Crippen LogP contribution in [0.15, 0.2) is 4.99 Å². The van der Waals surface area contributed by atoms with Crippen LogP contribution in [0.2, 0.25) is 0 Å². The molecule has 0 fully saturated rings. The van der Waals surface area contributed by atoms with E-state index in [2.05, 4.69) is 11.9 Å². The van der Waals surface area contributed by atoms with Crippen LogP contribution in [0.3, 0.4) is 0 Å². The lowest BCUT2D eigenvalue weighted by Gasteiger charge is -1.99. The maximum Gasteiger partial charge on any atom is 0.350 e. The lowest BCUT2D eigenvalue weighted by Crippen LogP contribution is -2.10. The molecule has 0 aliphatic heterocycles. The zero-order valence-electron chi connectivity index (χ0n) is 13.9. The molecule has 0 aromatic carbocycles. The molecule has 0 saturated carbocycles. The SMILES string of the molecule is CCC(=O)O.CCCCCCCCCC(=O)N=C(C)C(=O)O. The fourth-order valence-corrected chi connectivity index (χ4v) is 1.52. The van der Waals surface area contributed by atoms with E-state index in [9.17, 15) is 14.4 Å². The molecule has 6 nitrogen and oxygen atoms in total. The average Bonchev–Trinajstić information content (AvgIpc) is 2.46. The third-order valence-corrected chi connectivity index (χ3v) is 2.90. The number of hydrogen-bond acceptors (Lipinski definition) is 3. The van der Waals surface area contributed by atoms with E-state index >= 15 is 0 Å². The summed E-state index contributed by atoms with van der Waals surface area (Å²) in [6.45, 7) is 5.12. The summed E-state index contributed by atoms with van der Waals surface area (Å²) < 4.78 is 0. The molecular formula is C16H29NO5. The van der Waals surface area contributed by atoms with E-state index < -0.39 is 11.9 Å². The van der Waals surface area contributed by atoms with Gasteiger partial charge in [-0.3, -0.25) is 9.59 Å². The van der Waals surface area contributed by atoms with Crippen molar-refractivity contribution in [2.75, 3.05) is 0 Å². The van der Waals surface area contributed by atoms with Crippen molar-refractivity contribution in [3.8, 4) is 0 Å². The maximum absolute atomic E-state index is 11.2. The Hall–Kier alpha value is -1.72.